The first kappa shape index (κ1) is 18.3. The molecule has 0 aromatic carbocycles. The summed E-state index contributed by atoms with van der Waals surface area (Å²) in [5.74, 6) is -0.491. The van der Waals surface area contributed by atoms with Gasteiger partial charge in [-0.05, 0) is 38.1 Å². The molecule has 25 heavy (non-hydrogen) atoms. The molecular formula is C16H23N3O4S2. The average molecular weight is 386 g/mol. The largest absolute Gasteiger partial charge is 0.352 e. The van der Waals surface area contributed by atoms with Gasteiger partial charge < -0.3 is 10.2 Å². The van der Waals surface area contributed by atoms with E-state index in [0.717, 1.165) is 24.2 Å². The Morgan fingerprint density at radius 3 is 2.76 bits per heavy atom. The maximum atomic E-state index is 13.2. The fourth-order valence-corrected chi connectivity index (χ4v) is 6.20. The van der Waals surface area contributed by atoms with E-state index in [9.17, 15) is 18.0 Å². The smallest absolute Gasteiger partial charge is 0.253 e. The van der Waals surface area contributed by atoms with Crippen LogP contribution in [0.1, 0.15) is 33.1 Å². The van der Waals surface area contributed by atoms with E-state index in [0.29, 0.717) is 26.1 Å². The number of rotatable bonds is 3. The van der Waals surface area contributed by atoms with E-state index >= 15 is 0 Å². The van der Waals surface area contributed by atoms with E-state index in [1.165, 1.54) is 9.21 Å². The third-order valence-corrected chi connectivity index (χ3v) is 8.20. The van der Waals surface area contributed by atoms with Gasteiger partial charge in [0.15, 0.2) is 0 Å². The molecule has 138 valence electrons. The predicted molar refractivity (Wildman–Crippen MR) is 94.7 cm³/mol. The van der Waals surface area contributed by atoms with Crippen LogP contribution in [0.5, 0.6) is 0 Å². The van der Waals surface area contributed by atoms with Crippen molar-refractivity contribution in [3.63, 3.8) is 0 Å². The van der Waals surface area contributed by atoms with Crippen LogP contribution < -0.4 is 5.32 Å². The molecule has 1 N–H and O–H groups in total. The highest BCUT2D eigenvalue weighted by Crippen LogP contribution is 2.30. The van der Waals surface area contributed by atoms with Crippen LogP contribution >= 0.6 is 11.3 Å². The number of sulfonamides is 1. The Labute approximate surface area is 152 Å². The number of hydrogen-bond acceptors (Lipinski definition) is 5. The quantitative estimate of drug-likeness (QED) is 0.842. The lowest BCUT2D eigenvalue weighted by atomic mass is 9.95. The van der Waals surface area contributed by atoms with Crippen LogP contribution in [-0.4, -0.2) is 60.7 Å². The van der Waals surface area contributed by atoms with Gasteiger partial charge in [0.2, 0.25) is 11.8 Å². The zero-order valence-corrected chi connectivity index (χ0v) is 16.0. The third-order valence-electron chi connectivity index (χ3n) is 4.91. The van der Waals surface area contributed by atoms with Gasteiger partial charge in [0, 0.05) is 19.6 Å². The molecule has 0 saturated carbocycles. The molecule has 0 radical (unpaired) electrons. The van der Waals surface area contributed by atoms with Gasteiger partial charge in [0.1, 0.15) is 15.8 Å². The molecule has 3 heterocycles. The summed E-state index contributed by atoms with van der Waals surface area (Å²) < 4.78 is 27.5. The maximum absolute atomic E-state index is 13.2. The zero-order chi connectivity index (χ0) is 18.2. The fraction of sp³-hybridized carbons (Fsp3) is 0.625. The number of carbonyl (C=O) groups is 2. The first-order chi connectivity index (χ1) is 11.8. The van der Waals surface area contributed by atoms with Crippen LogP contribution in [0, 0.1) is 0 Å². The molecule has 0 aliphatic carbocycles. The van der Waals surface area contributed by atoms with Gasteiger partial charge in [-0.2, -0.15) is 4.31 Å². The topological polar surface area (TPSA) is 86.8 Å². The Morgan fingerprint density at radius 2 is 2.08 bits per heavy atom. The third kappa shape index (κ3) is 3.20. The SMILES string of the molecule is CC1(C)C(=O)NCCN1C(=O)[C@@H]1CCCCN1S(=O)(=O)c1cccs1. The van der Waals surface area contributed by atoms with E-state index < -0.39 is 21.6 Å². The van der Waals surface area contributed by atoms with E-state index in [2.05, 4.69) is 5.32 Å². The maximum Gasteiger partial charge on any atom is 0.253 e. The second-order valence-electron chi connectivity index (χ2n) is 6.86. The predicted octanol–water partition coefficient (Wildman–Crippen LogP) is 1.03. The van der Waals surface area contributed by atoms with Crippen molar-refractivity contribution in [2.75, 3.05) is 19.6 Å². The Bertz CT molecular complexity index is 758. The summed E-state index contributed by atoms with van der Waals surface area (Å²) in [6.45, 7) is 4.50. The van der Waals surface area contributed by atoms with E-state index in [1.807, 2.05) is 0 Å². The highest BCUT2D eigenvalue weighted by Gasteiger charge is 2.46. The number of carbonyl (C=O) groups excluding carboxylic acids is 2. The summed E-state index contributed by atoms with van der Waals surface area (Å²) >= 11 is 1.15. The monoisotopic (exact) mass is 385 g/mol. The Balaban J connectivity index is 1.91. The Morgan fingerprint density at radius 1 is 1.32 bits per heavy atom. The Kier molecular flexibility index (Phi) is 4.91. The van der Waals surface area contributed by atoms with Crippen LogP contribution in [0.15, 0.2) is 21.7 Å². The van der Waals surface area contributed by atoms with Crippen molar-refractivity contribution in [1.82, 2.24) is 14.5 Å². The molecule has 1 atom stereocenters. The van der Waals surface area contributed by atoms with Crippen molar-refractivity contribution in [2.24, 2.45) is 0 Å². The zero-order valence-electron chi connectivity index (χ0n) is 14.4. The lowest BCUT2D eigenvalue weighted by Crippen LogP contribution is -2.66. The van der Waals surface area contributed by atoms with Crippen molar-refractivity contribution in [1.29, 1.82) is 0 Å². The summed E-state index contributed by atoms with van der Waals surface area (Å²) in [6.07, 6.45) is 2.02. The number of piperidine rings is 1. The minimum atomic E-state index is -3.70. The second-order valence-corrected chi connectivity index (χ2v) is 9.93. The molecule has 1 aromatic rings. The number of hydrogen-bond donors (Lipinski definition) is 1. The van der Waals surface area contributed by atoms with Crippen molar-refractivity contribution >= 4 is 33.2 Å². The number of piperazine rings is 1. The molecule has 2 fully saturated rings. The normalized spacial score (nSPS) is 24.8. The van der Waals surface area contributed by atoms with Crippen molar-refractivity contribution in [3.8, 4) is 0 Å². The van der Waals surface area contributed by atoms with Gasteiger partial charge in [0.25, 0.3) is 10.0 Å². The van der Waals surface area contributed by atoms with E-state index in [-0.39, 0.29) is 16.0 Å². The fourth-order valence-electron chi connectivity index (χ4n) is 3.43. The standard InChI is InChI=1S/C16H23N3O4S2/c1-16(2)15(21)17-8-10-18(16)14(20)12-6-3-4-9-19(12)25(22,23)13-7-5-11-24-13/h5,7,11-12H,3-4,6,8-10H2,1-2H3,(H,17,21)/t12-/m0/s1. The molecule has 7 nitrogen and oxygen atoms in total. The molecule has 2 amide bonds. The Hall–Kier alpha value is -1.45. The molecule has 2 saturated heterocycles. The van der Waals surface area contributed by atoms with Gasteiger partial charge in [-0.25, -0.2) is 8.42 Å². The molecule has 9 heteroatoms. The molecule has 0 unspecified atom stereocenters. The molecule has 3 rings (SSSR count). The van der Waals surface area contributed by atoms with Gasteiger partial charge in [-0.15, -0.1) is 11.3 Å². The first-order valence-corrected chi connectivity index (χ1v) is 10.7. The van der Waals surface area contributed by atoms with Gasteiger partial charge in [-0.1, -0.05) is 12.5 Å². The summed E-state index contributed by atoms with van der Waals surface area (Å²) in [6, 6.07) is 2.51. The number of nitrogens with one attached hydrogen (secondary N) is 1. The van der Waals surface area contributed by atoms with E-state index in [4.69, 9.17) is 0 Å². The van der Waals surface area contributed by atoms with E-state index in [1.54, 1.807) is 31.4 Å². The molecule has 1 aromatic heterocycles. The van der Waals surface area contributed by atoms with Crippen LogP contribution in [0.2, 0.25) is 0 Å². The minimum absolute atomic E-state index is 0.212. The molecule has 0 bridgehead atoms. The summed E-state index contributed by atoms with van der Waals surface area (Å²) in [5, 5.41) is 4.47. The van der Waals surface area contributed by atoms with Crippen molar-refractivity contribution < 1.29 is 18.0 Å². The average Bonchev–Trinajstić information content (AvgIpc) is 3.12. The van der Waals surface area contributed by atoms with Crippen molar-refractivity contribution in [3.05, 3.63) is 17.5 Å². The van der Waals surface area contributed by atoms with Gasteiger partial charge in [-0.3, -0.25) is 9.59 Å². The number of nitrogens with zero attached hydrogens (tertiary/aromatic N) is 2. The molecule has 0 spiro atoms. The van der Waals surface area contributed by atoms with Crippen LogP contribution in [-0.2, 0) is 19.6 Å². The summed E-state index contributed by atoms with van der Waals surface area (Å²) in [7, 11) is -3.70. The highest BCUT2D eigenvalue weighted by molar-refractivity contribution is 7.91. The number of amides is 2. The van der Waals surface area contributed by atoms with Crippen molar-refractivity contribution in [2.45, 2.75) is 48.9 Å². The van der Waals surface area contributed by atoms with Gasteiger partial charge in [0.05, 0.1) is 0 Å². The summed E-state index contributed by atoms with van der Waals surface area (Å²) in [4.78, 5) is 26.9. The molecule has 2 aliphatic heterocycles. The summed E-state index contributed by atoms with van der Waals surface area (Å²) in [5.41, 5.74) is -0.981. The second kappa shape index (κ2) is 6.69. The van der Waals surface area contributed by atoms with Crippen LogP contribution in [0.25, 0.3) is 0 Å². The minimum Gasteiger partial charge on any atom is -0.352 e. The lowest BCUT2D eigenvalue weighted by molar-refractivity contribution is -0.152. The van der Waals surface area contributed by atoms with Gasteiger partial charge >= 0.3 is 0 Å². The molecule has 2 aliphatic rings. The first-order valence-electron chi connectivity index (χ1n) is 8.41. The van der Waals surface area contributed by atoms with Crippen LogP contribution in [0.3, 0.4) is 0 Å². The lowest BCUT2D eigenvalue weighted by Gasteiger charge is -2.44. The van der Waals surface area contributed by atoms with Crippen LogP contribution in [0.4, 0.5) is 0 Å². The molecular weight excluding hydrogens is 362 g/mol. The highest BCUT2D eigenvalue weighted by atomic mass is 32.2. The number of thiophene rings is 1.